The molecule has 0 atom stereocenters. The van der Waals surface area contributed by atoms with Crippen molar-refractivity contribution >= 4 is 23.2 Å². The van der Waals surface area contributed by atoms with Gasteiger partial charge in [-0.05, 0) is 18.2 Å². The van der Waals surface area contributed by atoms with Crippen LogP contribution in [0.15, 0.2) is 36.4 Å². The predicted molar refractivity (Wildman–Crippen MR) is 68.4 cm³/mol. The molecule has 2 rings (SSSR count). The second-order valence-corrected chi connectivity index (χ2v) is 4.20. The first-order valence-electron chi connectivity index (χ1n) is 4.92. The van der Waals surface area contributed by atoms with Gasteiger partial charge in [0.2, 0.25) is 0 Å². The van der Waals surface area contributed by atoms with Crippen LogP contribution in [0.25, 0.3) is 11.1 Å². The lowest BCUT2D eigenvalue weighted by Crippen LogP contribution is -1.92. The van der Waals surface area contributed by atoms with Crippen LogP contribution in [-0.2, 0) is 0 Å². The van der Waals surface area contributed by atoms with Crippen LogP contribution in [0.5, 0.6) is 5.75 Å². The van der Waals surface area contributed by atoms with Crippen LogP contribution < -0.4 is 4.74 Å². The number of hydrogen-bond acceptors (Lipinski definition) is 1. The summed E-state index contributed by atoms with van der Waals surface area (Å²) in [6, 6.07) is 9.69. The Morgan fingerprint density at radius 1 is 1.06 bits per heavy atom. The molecule has 0 bridgehead atoms. The summed E-state index contributed by atoms with van der Waals surface area (Å²) < 4.78 is 19.0. The van der Waals surface area contributed by atoms with Crippen molar-refractivity contribution in [3.63, 3.8) is 0 Å². The molecular formula is C13H9Cl2FO. The zero-order valence-corrected chi connectivity index (χ0v) is 10.5. The van der Waals surface area contributed by atoms with Gasteiger partial charge in [0.1, 0.15) is 11.6 Å². The number of halogens is 3. The molecule has 0 aliphatic heterocycles. The average molecular weight is 271 g/mol. The topological polar surface area (TPSA) is 9.23 Å². The fourth-order valence-corrected chi connectivity index (χ4v) is 2.03. The van der Waals surface area contributed by atoms with E-state index < -0.39 is 5.82 Å². The minimum Gasteiger partial charge on any atom is -0.496 e. The summed E-state index contributed by atoms with van der Waals surface area (Å²) in [6.07, 6.45) is 0. The van der Waals surface area contributed by atoms with E-state index in [2.05, 4.69) is 0 Å². The zero-order chi connectivity index (χ0) is 12.4. The molecule has 0 spiro atoms. The lowest BCUT2D eigenvalue weighted by Gasteiger charge is -2.11. The van der Waals surface area contributed by atoms with Crippen molar-refractivity contribution in [2.24, 2.45) is 0 Å². The lowest BCUT2D eigenvalue weighted by molar-refractivity contribution is 0.413. The molecule has 17 heavy (non-hydrogen) atoms. The van der Waals surface area contributed by atoms with Crippen molar-refractivity contribution in [2.75, 3.05) is 7.11 Å². The maximum Gasteiger partial charge on any atom is 0.134 e. The Morgan fingerprint density at radius 3 is 2.47 bits per heavy atom. The molecule has 0 aliphatic rings. The molecular weight excluding hydrogens is 262 g/mol. The Bertz CT molecular complexity index is 555. The van der Waals surface area contributed by atoms with Gasteiger partial charge in [-0.3, -0.25) is 0 Å². The van der Waals surface area contributed by atoms with Crippen LogP contribution in [0.3, 0.4) is 0 Å². The minimum absolute atomic E-state index is 0.317. The van der Waals surface area contributed by atoms with Crippen LogP contribution >= 0.6 is 23.2 Å². The van der Waals surface area contributed by atoms with Gasteiger partial charge in [-0.1, -0.05) is 41.4 Å². The Kier molecular flexibility index (Phi) is 3.55. The third-order valence-corrected chi connectivity index (χ3v) is 3.24. The van der Waals surface area contributed by atoms with Gasteiger partial charge in [-0.15, -0.1) is 0 Å². The molecule has 0 aromatic heterocycles. The number of ether oxygens (including phenoxy) is 1. The highest BCUT2D eigenvalue weighted by molar-refractivity contribution is 6.43. The quantitative estimate of drug-likeness (QED) is 0.761. The molecule has 0 saturated carbocycles. The van der Waals surface area contributed by atoms with Crippen LogP contribution in [0.1, 0.15) is 0 Å². The van der Waals surface area contributed by atoms with Gasteiger partial charge in [0.05, 0.1) is 22.7 Å². The van der Waals surface area contributed by atoms with Crippen molar-refractivity contribution in [2.45, 2.75) is 0 Å². The second-order valence-electron chi connectivity index (χ2n) is 3.42. The SMILES string of the molecule is COc1cccc(F)c1-c1cccc(Cl)c1Cl. The van der Waals surface area contributed by atoms with E-state index in [4.69, 9.17) is 27.9 Å². The third kappa shape index (κ3) is 2.24. The van der Waals surface area contributed by atoms with E-state index in [9.17, 15) is 4.39 Å². The maximum atomic E-state index is 13.9. The lowest BCUT2D eigenvalue weighted by atomic mass is 10.0. The molecule has 0 amide bonds. The van der Waals surface area contributed by atoms with Gasteiger partial charge in [0, 0.05) is 5.56 Å². The molecule has 88 valence electrons. The Hall–Kier alpha value is -1.25. The third-order valence-electron chi connectivity index (χ3n) is 2.42. The van der Waals surface area contributed by atoms with Crippen LogP contribution in [0.4, 0.5) is 4.39 Å². The van der Waals surface area contributed by atoms with Gasteiger partial charge in [-0.25, -0.2) is 4.39 Å². The molecule has 0 unspecified atom stereocenters. The fourth-order valence-electron chi connectivity index (χ4n) is 1.63. The summed E-state index contributed by atoms with van der Waals surface area (Å²) in [4.78, 5) is 0. The molecule has 0 radical (unpaired) electrons. The van der Waals surface area contributed by atoms with Crippen LogP contribution in [-0.4, -0.2) is 7.11 Å². The largest absolute Gasteiger partial charge is 0.496 e. The molecule has 2 aromatic carbocycles. The van der Waals surface area contributed by atoms with Crippen molar-refractivity contribution in [1.82, 2.24) is 0 Å². The Balaban J connectivity index is 2.72. The molecule has 0 fully saturated rings. The molecule has 2 aromatic rings. The summed E-state index contributed by atoms with van der Waals surface area (Å²) >= 11 is 12.0. The number of benzene rings is 2. The second kappa shape index (κ2) is 4.94. The predicted octanol–water partition coefficient (Wildman–Crippen LogP) is 4.81. The monoisotopic (exact) mass is 270 g/mol. The molecule has 4 heteroatoms. The van der Waals surface area contributed by atoms with Crippen LogP contribution in [0.2, 0.25) is 10.0 Å². The van der Waals surface area contributed by atoms with E-state index in [1.54, 1.807) is 30.3 Å². The normalized spacial score (nSPS) is 10.4. The first-order chi connectivity index (χ1) is 8.15. The first kappa shape index (κ1) is 12.2. The van der Waals surface area contributed by atoms with E-state index in [0.717, 1.165) is 0 Å². The van der Waals surface area contributed by atoms with Crippen molar-refractivity contribution in [3.8, 4) is 16.9 Å². The highest BCUT2D eigenvalue weighted by Gasteiger charge is 2.15. The van der Waals surface area contributed by atoms with Gasteiger partial charge < -0.3 is 4.74 Å². The van der Waals surface area contributed by atoms with Gasteiger partial charge in [0.15, 0.2) is 0 Å². The highest BCUT2D eigenvalue weighted by Crippen LogP contribution is 2.39. The summed E-state index contributed by atoms with van der Waals surface area (Å²) in [5.74, 6) is 0.0303. The van der Waals surface area contributed by atoms with Gasteiger partial charge in [0.25, 0.3) is 0 Å². The molecule has 0 N–H and O–H groups in total. The van der Waals surface area contributed by atoms with Gasteiger partial charge >= 0.3 is 0 Å². The van der Waals surface area contributed by atoms with Crippen LogP contribution in [0, 0.1) is 5.82 Å². The smallest absolute Gasteiger partial charge is 0.134 e. The van der Waals surface area contributed by atoms with Gasteiger partial charge in [-0.2, -0.15) is 0 Å². The number of methoxy groups -OCH3 is 1. The fraction of sp³-hybridized carbons (Fsp3) is 0.0769. The molecule has 0 saturated heterocycles. The minimum atomic E-state index is -0.395. The zero-order valence-electron chi connectivity index (χ0n) is 9.01. The number of hydrogen-bond donors (Lipinski definition) is 0. The first-order valence-corrected chi connectivity index (χ1v) is 5.67. The summed E-state index contributed by atoms with van der Waals surface area (Å²) in [5.41, 5.74) is 0.844. The van der Waals surface area contributed by atoms with Crippen molar-refractivity contribution < 1.29 is 9.13 Å². The van der Waals surface area contributed by atoms with Crippen molar-refractivity contribution in [3.05, 3.63) is 52.3 Å². The van der Waals surface area contributed by atoms with E-state index in [1.165, 1.54) is 13.2 Å². The van der Waals surface area contributed by atoms with E-state index >= 15 is 0 Å². The maximum absolute atomic E-state index is 13.9. The van der Waals surface area contributed by atoms with E-state index in [-0.39, 0.29) is 0 Å². The summed E-state index contributed by atoms with van der Waals surface area (Å²) in [6.45, 7) is 0. The molecule has 1 nitrogen and oxygen atoms in total. The molecule has 0 heterocycles. The average Bonchev–Trinajstić information content (AvgIpc) is 2.33. The summed E-state index contributed by atoms with van der Waals surface area (Å²) in [5, 5.41) is 0.701. The highest BCUT2D eigenvalue weighted by atomic mass is 35.5. The standard InChI is InChI=1S/C13H9Cl2FO/c1-17-11-7-3-6-10(16)12(11)8-4-2-5-9(14)13(8)15/h2-7H,1H3. The summed E-state index contributed by atoms with van der Waals surface area (Å²) in [7, 11) is 1.48. The van der Waals surface area contributed by atoms with E-state index in [0.29, 0.717) is 26.9 Å². The van der Waals surface area contributed by atoms with Crippen molar-refractivity contribution in [1.29, 1.82) is 0 Å². The van der Waals surface area contributed by atoms with E-state index in [1.807, 2.05) is 0 Å². The molecule has 0 aliphatic carbocycles. The number of rotatable bonds is 2. The Morgan fingerprint density at radius 2 is 1.76 bits per heavy atom. The Labute approximate surface area is 109 Å².